The molecule has 0 amide bonds. The Labute approximate surface area is 182 Å². The predicted octanol–water partition coefficient (Wildman–Crippen LogP) is 2.69. The predicted molar refractivity (Wildman–Crippen MR) is 124 cm³/mol. The van der Waals surface area contributed by atoms with Gasteiger partial charge in [0.05, 0.1) is 4.90 Å². The number of hydrogen-bond acceptors (Lipinski definition) is 4. The highest BCUT2D eigenvalue weighted by molar-refractivity contribution is 7.89. The van der Waals surface area contributed by atoms with Gasteiger partial charge >= 0.3 is 0 Å². The molecule has 1 aliphatic rings. The zero-order valence-corrected chi connectivity index (χ0v) is 20.2. The van der Waals surface area contributed by atoms with Gasteiger partial charge in [-0.2, -0.15) is 0 Å². The second-order valence-electron chi connectivity index (χ2n) is 9.60. The second kappa shape index (κ2) is 10.1. The van der Waals surface area contributed by atoms with Gasteiger partial charge in [-0.05, 0) is 72.2 Å². The first-order chi connectivity index (χ1) is 13.9. The average molecular weight is 438 g/mol. The minimum atomic E-state index is -3.61. The molecule has 0 radical (unpaired) electrons. The van der Waals surface area contributed by atoms with Crippen LogP contribution in [-0.4, -0.2) is 57.0 Å². The third-order valence-electron chi connectivity index (χ3n) is 5.27. The first-order valence-corrected chi connectivity index (χ1v) is 12.2. The average Bonchev–Trinajstić information content (AvgIpc) is 2.67. The van der Waals surface area contributed by atoms with Crippen LogP contribution in [0.5, 0.6) is 0 Å². The Hall–Kier alpha value is -1.64. The number of guanidine groups is 1. The lowest BCUT2D eigenvalue weighted by molar-refractivity contribution is 0.0982. The number of hydrogen-bond donors (Lipinski definition) is 3. The number of likely N-dealkylation sites (tertiary alicyclic amines) is 1. The molecule has 30 heavy (non-hydrogen) atoms. The summed E-state index contributed by atoms with van der Waals surface area (Å²) in [6.45, 7) is 13.4. The molecule has 3 N–H and O–H groups in total. The highest BCUT2D eigenvalue weighted by Gasteiger charge is 2.28. The highest BCUT2D eigenvalue weighted by Crippen LogP contribution is 2.20. The lowest BCUT2D eigenvalue weighted by atomic mass is 9.98. The Kier molecular flexibility index (Phi) is 8.30. The van der Waals surface area contributed by atoms with Crippen LogP contribution in [0.1, 0.15) is 59.4 Å². The quantitative estimate of drug-likeness (QED) is 0.451. The fourth-order valence-corrected chi connectivity index (χ4v) is 5.34. The zero-order valence-electron chi connectivity index (χ0n) is 19.4. The first kappa shape index (κ1) is 24.6. The van der Waals surface area contributed by atoms with E-state index in [1.165, 1.54) is 19.3 Å². The van der Waals surface area contributed by atoms with E-state index in [4.69, 9.17) is 0 Å². The molecule has 0 unspecified atom stereocenters. The molecule has 0 aromatic heterocycles. The van der Waals surface area contributed by atoms with Gasteiger partial charge in [0.1, 0.15) is 0 Å². The van der Waals surface area contributed by atoms with Crippen molar-refractivity contribution in [3.05, 3.63) is 29.8 Å². The van der Waals surface area contributed by atoms with E-state index in [9.17, 15) is 8.42 Å². The van der Waals surface area contributed by atoms with E-state index in [1.54, 1.807) is 19.2 Å². The van der Waals surface area contributed by atoms with Crippen molar-refractivity contribution in [1.29, 1.82) is 0 Å². The maximum absolute atomic E-state index is 12.8. The summed E-state index contributed by atoms with van der Waals surface area (Å²) >= 11 is 0. The Morgan fingerprint density at radius 2 is 1.67 bits per heavy atom. The summed E-state index contributed by atoms with van der Waals surface area (Å²) < 4.78 is 28.4. The van der Waals surface area contributed by atoms with Gasteiger partial charge in [0, 0.05) is 31.2 Å². The van der Waals surface area contributed by atoms with Crippen molar-refractivity contribution in [3.63, 3.8) is 0 Å². The van der Waals surface area contributed by atoms with Crippen LogP contribution in [0.2, 0.25) is 0 Å². The SMILES string of the molecule is CN=C(NCc1ccccc1S(=O)(=O)NC(C)(C)C)NCC(C)(C)N1CCCCC1. The molecule has 1 saturated heterocycles. The van der Waals surface area contributed by atoms with Crippen LogP contribution in [0, 0.1) is 0 Å². The number of nitrogens with one attached hydrogen (secondary N) is 3. The molecule has 1 aliphatic heterocycles. The van der Waals surface area contributed by atoms with Crippen LogP contribution >= 0.6 is 0 Å². The Morgan fingerprint density at radius 3 is 2.27 bits per heavy atom. The summed E-state index contributed by atoms with van der Waals surface area (Å²) in [5.41, 5.74) is 0.180. The smallest absolute Gasteiger partial charge is 0.241 e. The van der Waals surface area contributed by atoms with Crippen molar-refractivity contribution < 1.29 is 8.42 Å². The van der Waals surface area contributed by atoms with Crippen molar-refractivity contribution in [2.24, 2.45) is 4.99 Å². The van der Waals surface area contributed by atoms with Gasteiger partial charge in [-0.1, -0.05) is 24.6 Å². The fourth-order valence-electron chi connectivity index (χ4n) is 3.68. The van der Waals surface area contributed by atoms with Gasteiger partial charge in [0.2, 0.25) is 10.0 Å². The largest absolute Gasteiger partial charge is 0.355 e. The molecule has 1 aromatic rings. The van der Waals surface area contributed by atoms with E-state index in [0.29, 0.717) is 18.1 Å². The molecule has 1 fully saturated rings. The highest BCUT2D eigenvalue weighted by atomic mass is 32.2. The Balaban J connectivity index is 2.02. The number of sulfonamides is 1. The molecular weight excluding hydrogens is 398 g/mol. The summed E-state index contributed by atoms with van der Waals surface area (Å²) in [5.74, 6) is 0.663. The molecule has 0 saturated carbocycles. The molecule has 7 nitrogen and oxygen atoms in total. The van der Waals surface area contributed by atoms with Crippen molar-refractivity contribution in [1.82, 2.24) is 20.3 Å². The van der Waals surface area contributed by atoms with Gasteiger partial charge in [-0.25, -0.2) is 13.1 Å². The number of rotatable bonds is 7. The maximum atomic E-state index is 12.8. The molecule has 1 aromatic carbocycles. The number of benzene rings is 1. The molecular formula is C22H39N5O2S. The van der Waals surface area contributed by atoms with Crippen LogP contribution < -0.4 is 15.4 Å². The van der Waals surface area contributed by atoms with E-state index in [1.807, 2.05) is 32.9 Å². The third kappa shape index (κ3) is 7.25. The molecule has 1 heterocycles. The van der Waals surface area contributed by atoms with Crippen LogP contribution in [0.4, 0.5) is 0 Å². The van der Waals surface area contributed by atoms with E-state index >= 15 is 0 Å². The van der Waals surface area contributed by atoms with Crippen molar-refractivity contribution in [2.75, 3.05) is 26.7 Å². The first-order valence-electron chi connectivity index (χ1n) is 10.8. The second-order valence-corrected chi connectivity index (χ2v) is 11.3. The minimum absolute atomic E-state index is 0.0237. The van der Waals surface area contributed by atoms with E-state index in [-0.39, 0.29) is 10.4 Å². The van der Waals surface area contributed by atoms with Crippen molar-refractivity contribution in [3.8, 4) is 0 Å². The Morgan fingerprint density at radius 1 is 1.03 bits per heavy atom. The Bertz CT molecular complexity index is 822. The summed E-state index contributed by atoms with van der Waals surface area (Å²) in [4.78, 5) is 7.13. The van der Waals surface area contributed by atoms with Gasteiger partial charge in [0.25, 0.3) is 0 Å². The van der Waals surface area contributed by atoms with Crippen molar-refractivity contribution in [2.45, 2.75) is 76.4 Å². The van der Waals surface area contributed by atoms with Gasteiger partial charge < -0.3 is 10.6 Å². The molecule has 0 bridgehead atoms. The normalized spacial score (nSPS) is 17.1. The number of aliphatic imine (C=N–C) groups is 1. The fraction of sp³-hybridized carbons (Fsp3) is 0.682. The number of piperidine rings is 1. The van der Waals surface area contributed by atoms with Crippen LogP contribution in [-0.2, 0) is 16.6 Å². The van der Waals surface area contributed by atoms with E-state index in [0.717, 1.165) is 19.6 Å². The summed E-state index contributed by atoms with van der Waals surface area (Å²) in [5, 5.41) is 6.67. The van der Waals surface area contributed by atoms with Crippen LogP contribution in [0.25, 0.3) is 0 Å². The number of nitrogens with zero attached hydrogens (tertiary/aromatic N) is 2. The standard InChI is InChI=1S/C22H39N5O2S/c1-21(2,3)26-30(28,29)19-13-9-8-12-18(19)16-24-20(23-6)25-17-22(4,5)27-14-10-7-11-15-27/h8-9,12-13,26H,7,10-11,14-17H2,1-6H3,(H2,23,24,25). The van der Waals surface area contributed by atoms with Crippen LogP contribution in [0.3, 0.4) is 0 Å². The van der Waals surface area contributed by atoms with Gasteiger partial charge in [-0.15, -0.1) is 0 Å². The molecule has 2 rings (SSSR count). The third-order valence-corrected chi connectivity index (χ3v) is 7.13. The molecule has 170 valence electrons. The van der Waals surface area contributed by atoms with Crippen molar-refractivity contribution >= 4 is 16.0 Å². The maximum Gasteiger partial charge on any atom is 0.241 e. The van der Waals surface area contributed by atoms with Gasteiger partial charge in [-0.3, -0.25) is 9.89 Å². The topological polar surface area (TPSA) is 85.8 Å². The molecule has 8 heteroatoms. The molecule has 0 aliphatic carbocycles. The summed E-state index contributed by atoms with van der Waals surface area (Å²) in [7, 11) is -1.88. The zero-order chi connectivity index (χ0) is 22.4. The van der Waals surface area contributed by atoms with Crippen LogP contribution in [0.15, 0.2) is 34.2 Å². The lowest BCUT2D eigenvalue weighted by Crippen LogP contribution is -2.54. The summed E-state index contributed by atoms with van der Waals surface area (Å²) in [6, 6.07) is 7.06. The monoisotopic (exact) mass is 437 g/mol. The molecule has 0 atom stereocenters. The minimum Gasteiger partial charge on any atom is -0.355 e. The summed E-state index contributed by atoms with van der Waals surface area (Å²) in [6.07, 6.45) is 3.82. The van der Waals surface area contributed by atoms with E-state index in [2.05, 4.69) is 39.1 Å². The van der Waals surface area contributed by atoms with E-state index < -0.39 is 15.6 Å². The molecule has 0 spiro atoms. The van der Waals surface area contributed by atoms with Gasteiger partial charge in [0.15, 0.2) is 5.96 Å². The lowest BCUT2D eigenvalue weighted by Gasteiger charge is -2.41.